The van der Waals surface area contributed by atoms with E-state index in [4.69, 9.17) is 0 Å². The first-order valence-corrected chi connectivity index (χ1v) is 4.04. The van der Waals surface area contributed by atoms with Crippen molar-refractivity contribution in [1.29, 1.82) is 0 Å². The van der Waals surface area contributed by atoms with Crippen LogP contribution >= 0.6 is 0 Å². The Labute approximate surface area is 85.5 Å². The van der Waals surface area contributed by atoms with Gasteiger partial charge in [0.25, 0.3) is 0 Å². The van der Waals surface area contributed by atoms with E-state index >= 15 is 0 Å². The van der Waals surface area contributed by atoms with E-state index < -0.39 is 0 Å². The predicted octanol–water partition coefficient (Wildman–Crippen LogP) is 0.521. The molecule has 0 aliphatic rings. The zero-order valence-electron chi connectivity index (χ0n) is 9.28. The summed E-state index contributed by atoms with van der Waals surface area (Å²) in [6.07, 6.45) is 2.56. The average molecular weight is 198 g/mol. The van der Waals surface area contributed by atoms with Gasteiger partial charge in [0, 0.05) is 28.2 Å². The highest BCUT2D eigenvalue weighted by atomic mass is 16.2. The molecule has 4 nitrogen and oxygen atoms in total. The molecule has 0 aromatic carbocycles. The largest absolute Gasteiger partial charge is 0.345 e. The van der Waals surface area contributed by atoms with E-state index in [2.05, 4.69) is 13.2 Å². The standard InChI is InChI=1S/2C5H9NO/c2*1-4-5(7)6(2)3/h2*4H,1H2,2-3H3. The minimum absolute atomic E-state index is 0.0556. The molecule has 0 bridgehead atoms. The first-order chi connectivity index (χ1) is 6.36. The maximum Gasteiger partial charge on any atom is 0.245 e. The van der Waals surface area contributed by atoms with E-state index in [0.29, 0.717) is 0 Å². The van der Waals surface area contributed by atoms with E-state index in [0.717, 1.165) is 0 Å². The fourth-order valence-electron chi connectivity index (χ4n) is 0.365. The second-order valence-electron chi connectivity index (χ2n) is 2.87. The van der Waals surface area contributed by atoms with Crippen LogP contribution in [0.15, 0.2) is 25.3 Å². The molecule has 0 fully saturated rings. The zero-order valence-corrected chi connectivity index (χ0v) is 9.28. The Morgan fingerprint density at radius 2 is 1.07 bits per heavy atom. The summed E-state index contributed by atoms with van der Waals surface area (Å²) in [5.41, 5.74) is 0. The van der Waals surface area contributed by atoms with Crippen LogP contribution in [0.25, 0.3) is 0 Å². The van der Waals surface area contributed by atoms with Gasteiger partial charge < -0.3 is 9.80 Å². The van der Waals surface area contributed by atoms with Crippen molar-refractivity contribution in [3.63, 3.8) is 0 Å². The molecular weight excluding hydrogens is 180 g/mol. The Bertz CT molecular complexity index is 196. The number of carbonyl (C=O) groups is 2. The minimum Gasteiger partial charge on any atom is -0.345 e. The van der Waals surface area contributed by atoms with Crippen LogP contribution in [0.4, 0.5) is 0 Å². The molecule has 0 unspecified atom stereocenters. The minimum atomic E-state index is -0.0556. The Kier molecular flexibility index (Phi) is 8.57. The van der Waals surface area contributed by atoms with Crippen molar-refractivity contribution in [1.82, 2.24) is 9.80 Å². The van der Waals surface area contributed by atoms with E-state index in [9.17, 15) is 9.59 Å². The maximum atomic E-state index is 10.3. The molecule has 0 aromatic heterocycles. The van der Waals surface area contributed by atoms with E-state index in [-0.39, 0.29) is 11.8 Å². The summed E-state index contributed by atoms with van der Waals surface area (Å²) < 4.78 is 0. The molecule has 0 saturated carbocycles. The Balaban J connectivity index is 0. The van der Waals surface area contributed by atoms with Crippen molar-refractivity contribution in [2.24, 2.45) is 0 Å². The van der Waals surface area contributed by atoms with Crippen molar-refractivity contribution >= 4 is 11.8 Å². The smallest absolute Gasteiger partial charge is 0.245 e. The highest BCUT2D eigenvalue weighted by Gasteiger charge is 1.92. The topological polar surface area (TPSA) is 40.6 Å². The second-order valence-corrected chi connectivity index (χ2v) is 2.87. The molecule has 4 heteroatoms. The van der Waals surface area contributed by atoms with Crippen LogP contribution in [0.2, 0.25) is 0 Å². The molecule has 0 N–H and O–H groups in total. The lowest BCUT2D eigenvalue weighted by molar-refractivity contribution is -0.124. The lowest BCUT2D eigenvalue weighted by Crippen LogP contribution is -2.18. The van der Waals surface area contributed by atoms with Crippen LogP contribution in [-0.4, -0.2) is 49.8 Å². The third-order valence-electron chi connectivity index (χ3n) is 1.23. The number of rotatable bonds is 2. The number of likely N-dealkylation sites (N-methyl/N-ethyl adjacent to an activating group) is 2. The third-order valence-corrected chi connectivity index (χ3v) is 1.23. The van der Waals surface area contributed by atoms with Gasteiger partial charge in [-0.1, -0.05) is 13.2 Å². The molecule has 14 heavy (non-hydrogen) atoms. The van der Waals surface area contributed by atoms with Gasteiger partial charge in [0.15, 0.2) is 0 Å². The van der Waals surface area contributed by atoms with Gasteiger partial charge in [0.1, 0.15) is 0 Å². The lowest BCUT2D eigenvalue weighted by Gasteiger charge is -2.03. The van der Waals surface area contributed by atoms with Crippen LogP contribution < -0.4 is 0 Å². The van der Waals surface area contributed by atoms with Gasteiger partial charge >= 0.3 is 0 Å². The van der Waals surface area contributed by atoms with Crippen LogP contribution in [0, 0.1) is 0 Å². The molecule has 0 atom stereocenters. The first-order valence-electron chi connectivity index (χ1n) is 4.04. The quantitative estimate of drug-likeness (QED) is 0.607. The molecule has 0 saturated heterocycles. The van der Waals surface area contributed by atoms with Crippen molar-refractivity contribution in [3.05, 3.63) is 25.3 Å². The molecule has 0 spiro atoms. The summed E-state index contributed by atoms with van der Waals surface area (Å²) >= 11 is 0. The lowest BCUT2D eigenvalue weighted by atomic mass is 10.5. The van der Waals surface area contributed by atoms with Gasteiger partial charge in [-0.3, -0.25) is 9.59 Å². The number of hydrogen-bond donors (Lipinski definition) is 0. The first kappa shape index (κ1) is 14.9. The molecule has 0 aliphatic heterocycles. The van der Waals surface area contributed by atoms with Gasteiger partial charge in [0.05, 0.1) is 0 Å². The molecular formula is C10H18N2O2. The summed E-state index contributed by atoms with van der Waals surface area (Å²) in [6, 6.07) is 0. The van der Waals surface area contributed by atoms with Crippen molar-refractivity contribution in [2.45, 2.75) is 0 Å². The molecule has 80 valence electrons. The average Bonchev–Trinajstić information content (AvgIpc) is 2.15. The van der Waals surface area contributed by atoms with Gasteiger partial charge in [-0.05, 0) is 12.2 Å². The number of nitrogens with zero attached hydrogens (tertiary/aromatic N) is 2. The molecule has 0 aliphatic carbocycles. The fourth-order valence-corrected chi connectivity index (χ4v) is 0.365. The van der Waals surface area contributed by atoms with E-state index in [1.807, 2.05) is 0 Å². The van der Waals surface area contributed by atoms with Gasteiger partial charge in [-0.2, -0.15) is 0 Å². The predicted molar refractivity (Wildman–Crippen MR) is 57.8 cm³/mol. The normalized spacial score (nSPS) is 7.71. The van der Waals surface area contributed by atoms with Gasteiger partial charge in [0.2, 0.25) is 11.8 Å². The summed E-state index contributed by atoms with van der Waals surface area (Å²) in [5, 5.41) is 0. The molecule has 0 aromatic rings. The van der Waals surface area contributed by atoms with E-state index in [1.165, 1.54) is 22.0 Å². The van der Waals surface area contributed by atoms with Crippen LogP contribution in [0.1, 0.15) is 0 Å². The molecule has 0 heterocycles. The van der Waals surface area contributed by atoms with Crippen LogP contribution in [0.3, 0.4) is 0 Å². The Morgan fingerprint density at radius 3 is 1.07 bits per heavy atom. The highest BCUT2D eigenvalue weighted by Crippen LogP contribution is 1.75. The Morgan fingerprint density at radius 1 is 0.857 bits per heavy atom. The fraction of sp³-hybridized carbons (Fsp3) is 0.400. The number of hydrogen-bond acceptors (Lipinski definition) is 2. The van der Waals surface area contributed by atoms with Crippen LogP contribution in [-0.2, 0) is 9.59 Å². The number of carbonyl (C=O) groups excluding carboxylic acids is 2. The monoisotopic (exact) mass is 198 g/mol. The molecule has 0 rings (SSSR count). The summed E-state index contributed by atoms with van der Waals surface area (Å²) in [6.45, 7) is 6.58. The highest BCUT2D eigenvalue weighted by molar-refractivity contribution is 5.86. The van der Waals surface area contributed by atoms with Crippen molar-refractivity contribution in [2.75, 3.05) is 28.2 Å². The van der Waals surface area contributed by atoms with Crippen molar-refractivity contribution in [3.8, 4) is 0 Å². The van der Waals surface area contributed by atoms with E-state index in [1.54, 1.807) is 28.2 Å². The van der Waals surface area contributed by atoms with Gasteiger partial charge in [-0.25, -0.2) is 0 Å². The second kappa shape index (κ2) is 8.04. The van der Waals surface area contributed by atoms with Crippen LogP contribution in [0.5, 0.6) is 0 Å². The molecule has 2 amide bonds. The van der Waals surface area contributed by atoms with Gasteiger partial charge in [-0.15, -0.1) is 0 Å². The summed E-state index contributed by atoms with van der Waals surface area (Å²) in [4.78, 5) is 23.6. The summed E-state index contributed by atoms with van der Waals surface area (Å²) in [7, 11) is 6.74. The Hall–Kier alpha value is -1.58. The summed E-state index contributed by atoms with van der Waals surface area (Å²) in [5.74, 6) is -0.111. The third kappa shape index (κ3) is 8.52. The SMILES string of the molecule is C=CC(=O)N(C)C.C=CC(=O)N(C)C. The maximum absolute atomic E-state index is 10.3. The molecule has 0 radical (unpaired) electrons. The number of amides is 2. The zero-order chi connectivity index (χ0) is 11.7. The van der Waals surface area contributed by atoms with Crippen molar-refractivity contribution < 1.29 is 9.59 Å².